The van der Waals surface area contributed by atoms with Gasteiger partial charge in [-0.3, -0.25) is 0 Å². The molecule has 44 valence electrons. The molecule has 0 saturated carbocycles. The molecule has 4 heteroatoms. The summed E-state index contributed by atoms with van der Waals surface area (Å²) in [5, 5.41) is 0. The van der Waals surface area contributed by atoms with Crippen LogP contribution in [-0.2, 0) is 0 Å². The van der Waals surface area contributed by atoms with Crippen LogP contribution in [-0.4, -0.2) is 3.41 Å². The third kappa shape index (κ3) is 3.94. The fraction of sp³-hybridized carbons (Fsp3) is 1.00. The normalized spacial score (nSPS) is 12.0. The van der Waals surface area contributed by atoms with E-state index < -0.39 is 0 Å². The van der Waals surface area contributed by atoms with Gasteiger partial charge in [-0.25, -0.2) is 0 Å². The molecule has 0 N–H and O–H groups in total. The minimum absolute atomic E-state index is 0.247. The van der Waals surface area contributed by atoms with Crippen molar-refractivity contribution in [2.75, 3.05) is 0 Å². The lowest BCUT2D eigenvalue weighted by molar-refractivity contribution is 1.02. The largest absolute Gasteiger partial charge is 0.150 e. The second kappa shape index (κ2) is 3.43. The summed E-state index contributed by atoms with van der Waals surface area (Å²) in [6, 6.07) is 0. The average molecular weight is 172 g/mol. The summed E-state index contributed by atoms with van der Waals surface area (Å²) in [5.74, 6) is 0. The summed E-state index contributed by atoms with van der Waals surface area (Å²) in [6.45, 7) is 2.02. The predicted molar refractivity (Wildman–Crippen MR) is 47.6 cm³/mol. The highest BCUT2D eigenvalue weighted by Crippen LogP contribution is 2.38. The van der Waals surface area contributed by atoms with Gasteiger partial charge in [0.25, 0.3) is 0 Å². The Labute approximate surface area is 64.5 Å². The van der Waals surface area contributed by atoms with Crippen LogP contribution in [0.4, 0.5) is 0 Å². The standard InChI is InChI=1S/C3H8S4/c1-2-3(4,5)7-6/h4-6H,2H2,1H3. The molecule has 0 aliphatic carbocycles. The van der Waals surface area contributed by atoms with Crippen LogP contribution < -0.4 is 0 Å². The van der Waals surface area contributed by atoms with Crippen molar-refractivity contribution in [3.8, 4) is 0 Å². The fourth-order valence-corrected chi connectivity index (χ4v) is 0.581. The van der Waals surface area contributed by atoms with Crippen LogP contribution in [0, 0.1) is 0 Å². The van der Waals surface area contributed by atoms with Gasteiger partial charge < -0.3 is 0 Å². The zero-order valence-electron chi connectivity index (χ0n) is 3.96. The molecule has 0 aromatic heterocycles. The molecule has 0 saturated heterocycles. The van der Waals surface area contributed by atoms with E-state index >= 15 is 0 Å². The van der Waals surface area contributed by atoms with E-state index in [1.54, 1.807) is 0 Å². The molecule has 0 unspecified atom stereocenters. The van der Waals surface area contributed by atoms with Crippen molar-refractivity contribution in [3.05, 3.63) is 0 Å². The van der Waals surface area contributed by atoms with Gasteiger partial charge in [-0.2, -0.15) is 25.3 Å². The van der Waals surface area contributed by atoms with E-state index in [1.807, 2.05) is 6.92 Å². The van der Waals surface area contributed by atoms with Gasteiger partial charge in [-0.05, 0) is 6.42 Å². The topological polar surface area (TPSA) is 0 Å². The molecule has 0 heterocycles. The Hall–Kier alpha value is 1.40. The van der Waals surface area contributed by atoms with Gasteiger partial charge in [-0.1, -0.05) is 17.7 Å². The van der Waals surface area contributed by atoms with Crippen molar-refractivity contribution in [3.63, 3.8) is 0 Å². The zero-order valence-corrected chi connectivity index (χ0v) is 7.46. The number of hydrogen-bond acceptors (Lipinski definition) is 4. The average Bonchev–Trinajstić information content (AvgIpc) is 1.68. The van der Waals surface area contributed by atoms with Gasteiger partial charge in [0.05, 0.1) is 0 Å². The van der Waals surface area contributed by atoms with Gasteiger partial charge >= 0.3 is 0 Å². The van der Waals surface area contributed by atoms with Crippen LogP contribution in [0.5, 0.6) is 0 Å². The highest BCUT2D eigenvalue weighted by atomic mass is 33.1. The van der Waals surface area contributed by atoms with Crippen LogP contribution in [0.1, 0.15) is 13.3 Å². The van der Waals surface area contributed by atoms with Gasteiger partial charge in [-0.15, -0.1) is 11.7 Å². The summed E-state index contributed by atoms with van der Waals surface area (Å²) >= 11 is 12.2. The lowest BCUT2D eigenvalue weighted by Gasteiger charge is -2.14. The smallest absolute Gasteiger partial charge is 0.110 e. The minimum Gasteiger partial charge on any atom is -0.150 e. The summed E-state index contributed by atoms with van der Waals surface area (Å²) in [4.78, 5) is 0. The quantitative estimate of drug-likeness (QED) is 0.327. The van der Waals surface area contributed by atoms with Gasteiger partial charge in [0.15, 0.2) is 0 Å². The van der Waals surface area contributed by atoms with E-state index in [9.17, 15) is 0 Å². The Balaban J connectivity index is 3.36. The highest BCUT2D eigenvalue weighted by Gasteiger charge is 2.14. The van der Waals surface area contributed by atoms with E-state index in [4.69, 9.17) is 0 Å². The fourth-order valence-electron chi connectivity index (χ4n) is 0.0645. The Morgan fingerprint density at radius 3 is 2.00 bits per heavy atom. The second-order valence-corrected chi connectivity index (χ2v) is 5.10. The van der Waals surface area contributed by atoms with Crippen LogP contribution >= 0.6 is 47.7 Å². The summed E-state index contributed by atoms with van der Waals surface area (Å²) < 4.78 is -0.247. The van der Waals surface area contributed by atoms with Crippen molar-refractivity contribution >= 4 is 47.7 Å². The number of rotatable bonds is 2. The molecule has 7 heavy (non-hydrogen) atoms. The molecule has 0 aliphatic heterocycles. The van der Waals surface area contributed by atoms with Crippen LogP contribution in [0.2, 0.25) is 0 Å². The minimum atomic E-state index is -0.247. The molecule has 0 rings (SSSR count). The Kier molecular flexibility index (Phi) is 4.12. The highest BCUT2D eigenvalue weighted by molar-refractivity contribution is 8.72. The van der Waals surface area contributed by atoms with Crippen molar-refractivity contribution < 1.29 is 0 Å². The first-order chi connectivity index (χ1) is 3.12. The monoisotopic (exact) mass is 172 g/mol. The SMILES string of the molecule is CCC(S)(S)SS. The maximum atomic E-state index is 4.14. The Morgan fingerprint density at radius 1 is 1.57 bits per heavy atom. The molecular weight excluding hydrogens is 164 g/mol. The van der Waals surface area contributed by atoms with Crippen molar-refractivity contribution in [1.82, 2.24) is 0 Å². The van der Waals surface area contributed by atoms with E-state index in [2.05, 4.69) is 36.9 Å². The van der Waals surface area contributed by atoms with Crippen molar-refractivity contribution in [2.24, 2.45) is 0 Å². The Bertz CT molecular complexity index is 44.9. The maximum absolute atomic E-state index is 4.14. The lowest BCUT2D eigenvalue weighted by atomic mass is 10.6. The summed E-state index contributed by atoms with van der Waals surface area (Å²) in [6.07, 6.45) is 0.910. The maximum Gasteiger partial charge on any atom is 0.110 e. The lowest BCUT2D eigenvalue weighted by Crippen LogP contribution is -2.00. The molecule has 0 atom stereocenters. The number of hydrogen-bond donors (Lipinski definition) is 3. The zero-order chi connectivity index (χ0) is 5.91. The molecule has 0 amide bonds. The van der Waals surface area contributed by atoms with E-state index in [-0.39, 0.29) is 3.41 Å². The Morgan fingerprint density at radius 2 is 2.00 bits per heavy atom. The third-order valence-electron chi connectivity index (χ3n) is 0.607. The van der Waals surface area contributed by atoms with E-state index in [1.165, 1.54) is 10.8 Å². The molecule has 0 fully saturated rings. The van der Waals surface area contributed by atoms with Crippen molar-refractivity contribution in [2.45, 2.75) is 16.8 Å². The molecule has 0 aliphatic rings. The summed E-state index contributed by atoms with van der Waals surface area (Å²) in [5.41, 5.74) is 0. The van der Waals surface area contributed by atoms with Gasteiger partial charge in [0.2, 0.25) is 0 Å². The molecule has 0 aromatic rings. The first-order valence-corrected chi connectivity index (χ1v) is 4.66. The van der Waals surface area contributed by atoms with E-state index in [0.29, 0.717) is 0 Å². The molecule has 0 spiro atoms. The first-order valence-electron chi connectivity index (χ1n) is 1.89. The molecule has 0 radical (unpaired) electrons. The van der Waals surface area contributed by atoms with Crippen LogP contribution in [0.3, 0.4) is 0 Å². The van der Waals surface area contributed by atoms with E-state index in [0.717, 1.165) is 6.42 Å². The summed E-state index contributed by atoms with van der Waals surface area (Å²) in [7, 11) is 1.35. The molecule has 0 bridgehead atoms. The number of thiol groups is 3. The molecular formula is C3H8S4. The predicted octanol–water partition coefficient (Wildman–Crippen LogP) is 2.49. The first kappa shape index (κ1) is 8.40. The van der Waals surface area contributed by atoms with Gasteiger partial charge in [0, 0.05) is 0 Å². The van der Waals surface area contributed by atoms with Crippen LogP contribution in [0.15, 0.2) is 0 Å². The third-order valence-corrected chi connectivity index (χ3v) is 4.17. The molecule has 0 aromatic carbocycles. The van der Waals surface area contributed by atoms with Crippen LogP contribution in [0.25, 0.3) is 0 Å². The van der Waals surface area contributed by atoms with Gasteiger partial charge in [0.1, 0.15) is 3.41 Å². The van der Waals surface area contributed by atoms with Crippen molar-refractivity contribution in [1.29, 1.82) is 0 Å². The second-order valence-electron chi connectivity index (χ2n) is 1.19. The molecule has 0 nitrogen and oxygen atoms in total.